The van der Waals surface area contributed by atoms with Crippen LogP contribution in [0.15, 0.2) is 60.8 Å². The summed E-state index contributed by atoms with van der Waals surface area (Å²) in [6.45, 7) is 0. The summed E-state index contributed by atoms with van der Waals surface area (Å²) in [5.74, 6) is 0. The van der Waals surface area contributed by atoms with Crippen LogP contribution in [0, 0.1) is 0 Å². The van der Waals surface area contributed by atoms with Crippen LogP contribution < -0.4 is 0 Å². The lowest BCUT2D eigenvalue weighted by Gasteiger charge is -1.96. The molecule has 2 aromatic carbocycles. The van der Waals surface area contributed by atoms with Crippen LogP contribution in [0.5, 0.6) is 0 Å². The third kappa shape index (κ3) is 1.53. The van der Waals surface area contributed by atoms with Crippen LogP contribution in [0.4, 0.5) is 0 Å². The number of aryl methyl sites for hydroxylation is 1. The topological polar surface area (TPSA) is 4.93 Å². The van der Waals surface area contributed by atoms with E-state index >= 15 is 0 Å². The first-order valence-corrected chi connectivity index (χ1v) is 7.18. The molecule has 0 saturated heterocycles. The van der Waals surface area contributed by atoms with Crippen molar-refractivity contribution < 1.29 is 0 Å². The molecular weight excluding hydrogens is 250 g/mol. The molecule has 0 unspecified atom stereocenters. The lowest BCUT2D eigenvalue weighted by molar-refractivity contribution is 0.974. The quantitative estimate of drug-likeness (QED) is 0.452. The zero-order valence-electron chi connectivity index (χ0n) is 10.6. The molecule has 0 aliphatic heterocycles. The summed E-state index contributed by atoms with van der Waals surface area (Å²) in [7, 11) is 2.13. The number of hydrogen-bond donors (Lipinski definition) is 0. The zero-order chi connectivity index (χ0) is 12.8. The van der Waals surface area contributed by atoms with Crippen molar-refractivity contribution in [2.24, 2.45) is 7.05 Å². The Labute approximate surface area is 115 Å². The molecule has 2 heterocycles. The Morgan fingerprint density at radius 2 is 1.63 bits per heavy atom. The van der Waals surface area contributed by atoms with Crippen molar-refractivity contribution in [1.29, 1.82) is 0 Å². The van der Waals surface area contributed by atoms with Crippen molar-refractivity contribution in [3.63, 3.8) is 0 Å². The first-order chi connectivity index (χ1) is 9.34. The van der Waals surface area contributed by atoms with Crippen LogP contribution in [0.25, 0.3) is 31.4 Å². The fourth-order valence-electron chi connectivity index (χ4n) is 2.70. The number of thiophene rings is 1. The lowest BCUT2D eigenvalue weighted by Crippen LogP contribution is -1.82. The Hall–Kier alpha value is -2.06. The molecule has 0 bridgehead atoms. The third-order valence-electron chi connectivity index (χ3n) is 3.57. The number of nitrogens with zero attached hydrogens (tertiary/aromatic N) is 1. The molecule has 0 aliphatic rings. The summed E-state index contributed by atoms with van der Waals surface area (Å²) in [5.41, 5.74) is 3.97. The molecule has 0 atom stereocenters. The highest BCUT2D eigenvalue weighted by Gasteiger charge is 2.13. The maximum absolute atomic E-state index is 2.25. The van der Waals surface area contributed by atoms with Crippen molar-refractivity contribution >= 4 is 31.6 Å². The molecule has 92 valence electrons. The van der Waals surface area contributed by atoms with Gasteiger partial charge in [-0.15, -0.1) is 11.3 Å². The normalized spacial score (nSPS) is 11.4. The molecule has 4 rings (SSSR count). The van der Waals surface area contributed by atoms with Gasteiger partial charge in [0.25, 0.3) is 0 Å². The molecule has 0 spiro atoms. The number of aromatic nitrogens is 1. The van der Waals surface area contributed by atoms with Crippen LogP contribution >= 0.6 is 11.3 Å². The van der Waals surface area contributed by atoms with E-state index in [4.69, 9.17) is 0 Å². The zero-order valence-corrected chi connectivity index (χ0v) is 11.4. The summed E-state index contributed by atoms with van der Waals surface area (Å²) in [5, 5.41) is 1.35. The molecule has 2 heteroatoms. The second-order valence-corrected chi connectivity index (χ2v) is 5.85. The Balaban J connectivity index is 2.13. The predicted molar refractivity (Wildman–Crippen MR) is 83.7 cm³/mol. The minimum Gasteiger partial charge on any atom is -0.349 e. The fourth-order valence-corrected chi connectivity index (χ4v) is 3.98. The first-order valence-electron chi connectivity index (χ1n) is 6.36. The summed E-state index contributed by atoms with van der Waals surface area (Å²) in [6, 6.07) is 19.3. The molecule has 0 N–H and O–H groups in total. The van der Waals surface area contributed by atoms with E-state index in [1.165, 1.54) is 31.4 Å². The highest BCUT2D eigenvalue weighted by molar-refractivity contribution is 7.26. The van der Waals surface area contributed by atoms with Gasteiger partial charge in [-0.1, -0.05) is 48.5 Å². The van der Waals surface area contributed by atoms with E-state index in [0.29, 0.717) is 0 Å². The molecule has 4 aromatic rings. The van der Waals surface area contributed by atoms with Gasteiger partial charge in [-0.3, -0.25) is 0 Å². The van der Waals surface area contributed by atoms with Gasteiger partial charge < -0.3 is 4.57 Å². The van der Waals surface area contributed by atoms with Gasteiger partial charge in [0.1, 0.15) is 0 Å². The van der Waals surface area contributed by atoms with Crippen molar-refractivity contribution in [2.75, 3.05) is 0 Å². The Kier molecular flexibility index (Phi) is 2.26. The average Bonchev–Trinajstić information content (AvgIpc) is 2.98. The SMILES string of the molecule is Cn1cc(-c2ccccc2)c2sc3ccccc3c21. The first kappa shape index (κ1) is 10.8. The van der Waals surface area contributed by atoms with E-state index < -0.39 is 0 Å². The van der Waals surface area contributed by atoms with Crippen LogP contribution in [-0.4, -0.2) is 4.57 Å². The fraction of sp³-hybridized carbons (Fsp3) is 0.0588. The largest absolute Gasteiger partial charge is 0.349 e. The van der Waals surface area contributed by atoms with Gasteiger partial charge in [-0.05, 0) is 11.6 Å². The number of hydrogen-bond acceptors (Lipinski definition) is 1. The summed E-state index contributed by atoms with van der Waals surface area (Å²) >= 11 is 1.88. The molecule has 2 aromatic heterocycles. The van der Waals surface area contributed by atoms with Crippen molar-refractivity contribution in [2.45, 2.75) is 0 Å². The van der Waals surface area contributed by atoms with Gasteiger partial charge in [0.15, 0.2) is 0 Å². The average molecular weight is 263 g/mol. The molecule has 0 amide bonds. The maximum Gasteiger partial charge on any atom is 0.0673 e. The van der Waals surface area contributed by atoms with E-state index in [9.17, 15) is 0 Å². The number of fused-ring (bicyclic) bond motifs is 3. The van der Waals surface area contributed by atoms with E-state index in [0.717, 1.165) is 0 Å². The van der Waals surface area contributed by atoms with Gasteiger partial charge in [0.05, 0.1) is 10.2 Å². The second kappa shape index (κ2) is 3.97. The summed E-state index contributed by atoms with van der Waals surface area (Å²) in [6.07, 6.45) is 2.24. The molecule has 0 saturated carbocycles. The van der Waals surface area contributed by atoms with E-state index in [1.54, 1.807) is 0 Å². The summed E-state index contributed by atoms with van der Waals surface area (Å²) in [4.78, 5) is 0. The molecule has 0 radical (unpaired) electrons. The van der Waals surface area contributed by atoms with E-state index in [1.807, 2.05) is 11.3 Å². The van der Waals surface area contributed by atoms with Crippen molar-refractivity contribution in [3.05, 3.63) is 60.8 Å². The van der Waals surface area contributed by atoms with E-state index in [-0.39, 0.29) is 0 Å². The number of benzene rings is 2. The highest BCUT2D eigenvalue weighted by Crippen LogP contribution is 2.40. The van der Waals surface area contributed by atoms with Gasteiger partial charge >= 0.3 is 0 Å². The lowest BCUT2D eigenvalue weighted by atomic mass is 10.1. The molecule has 19 heavy (non-hydrogen) atoms. The minimum atomic E-state index is 1.29. The number of rotatable bonds is 1. The smallest absolute Gasteiger partial charge is 0.0673 e. The van der Waals surface area contributed by atoms with Crippen LogP contribution in [-0.2, 0) is 7.05 Å². The Morgan fingerprint density at radius 3 is 2.47 bits per heavy atom. The monoisotopic (exact) mass is 263 g/mol. The van der Waals surface area contributed by atoms with Crippen molar-refractivity contribution in [1.82, 2.24) is 4.57 Å². The maximum atomic E-state index is 2.25. The van der Waals surface area contributed by atoms with Crippen LogP contribution in [0.1, 0.15) is 0 Å². The second-order valence-electron chi connectivity index (χ2n) is 4.80. The molecule has 1 nitrogen and oxygen atoms in total. The van der Waals surface area contributed by atoms with Crippen molar-refractivity contribution in [3.8, 4) is 11.1 Å². The third-order valence-corrected chi connectivity index (χ3v) is 4.77. The minimum absolute atomic E-state index is 1.29. The standard InChI is InChI=1S/C17H13NS/c1-18-11-14(12-7-3-2-4-8-12)17-16(18)13-9-5-6-10-15(13)19-17/h2-11H,1H3. The van der Waals surface area contributed by atoms with E-state index in [2.05, 4.69) is 72.4 Å². The molecule has 0 fully saturated rings. The predicted octanol–water partition coefficient (Wildman–Crippen LogP) is 5.06. The van der Waals surface area contributed by atoms with Gasteiger partial charge in [-0.25, -0.2) is 0 Å². The molecular formula is C17H13NS. The van der Waals surface area contributed by atoms with Crippen LogP contribution in [0.2, 0.25) is 0 Å². The highest BCUT2D eigenvalue weighted by atomic mass is 32.1. The van der Waals surface area contributed by atoms with Gasteiger partial charge in [0, 0.05) is 28.9 Å². The summed E-state index contributed by atoms with van der Waals surface area (Å²) < 4.78 is 4.99. The van der Waals surface area contributed by atoms with Gasteiger partial charge in [0.2, 0.25) is 0 Å². The molecule has 0 aliphatic carbocycles. The van der Waals surface area contributed by atoms with Gasteiger partial charge in [-0.2, -0.15) is 0 Å². The Morgan fingerprint density at radius 1 is 0.895 bits per heavy atom. The van der Waals surface area contributed by atoms with Crippen LogP contribution in [0.3, 0.4) is 0 Å². The Bertz CT molecular complexity index is 868.